The molecular formula is C22H24N4O3S. The van der Waals surface area contributed by atoms with Crippen LogP contribution in [0.5, 0.6) is 0 Å². The lowest BCUT2D eigenvalue weighted by atomic mass is 10.0. The highest BCUT2D eigenvalue weighted by atomic mass is 32.1. The second kappa shape index (κ2) is 8.96. The fourth-order valence-electron chi connectivity index (χ4n) is 3.68. The summed E-state index contributed by atoms with van der Waals surface area (Å²) in [6.07, 6.45) is 0.733. The molecule has 30 heavy (non-hydrogen) atoms. The maximum atomic E-state index is 12.4. The summed E-state index contributed by atoms with van der Waals surface area (Å²) >= 11 is 1.64. The Morgan fingerprint density at radius 2 is 2.23 bits per heavy atom. The Morgan fingerprint density at radius 3 is 2.97 bits per heavy atom. The number of nitrogens with one attached hydrogen (secondary N) is 2. The van der Waals surface area contributed by atoms with Gasteiger partial charge in [-0.25, -0.2) is 0 Å². The van der Waals surface area contributed by atoms with Crippen LogP contribution in [0.3, 0.4) is 0 Å². The largest absolute Gasteiger partial charge is 0.367 e. The SMILES string of the molecule is CN1Cc2sc(-c3ccc(C[C@@H](C#N)NC(=O)[C@@H]4CNCCCO4)cc3)cc2C1=O. The molecule has 2 atom stereocenters. The molecule has 2 N–H and O–H groups in total. The summed E-state index contributed by atoms with van der Waals surface area (Å²) in [7, 11) is 1.81. The number of nitriles is 1. The third kappa shape index (κ3) is 4.38. The molecule has 1 fully saturated rings. The van der Waals surface area contributed by atoms with E-state index < -0.39 is 12.1 Å². The van der Waals surface area contributed by atoms with Gasteiger partial charge in [0.1, 0.15) is 12.1 Å². The topological polar surface area (TPSA) is 94.5 Å². The van der Waals surface area contributed by atoms with E-state index in [1.807, 2.05) is 37.4 Å². The number of ether oxygens (including phenoxy) is 1. The van der Waals surface area contributed by atoms with Gasteiger partial charge >= 0.3 is 0 Å². The van der Waals surface area contributed by atoms with Gasteiger partial charge < -0.3 is 20.3 Å². The van der Waals surface area contributed by atoms with Crippen LogP contribution < -0.4 is 10.6 Å². The summed E-state index contributed by atoms with van der Waals surface area (Å²) in [6.45, 7) is 2.50. The second-order valence-electron chi connectivity index (χ2n) is 7.62. The van der Waals surface area contributed by atoms with E-state index in [-0.39, 0.29) is 11.8 Å². The van der Waals surface area contributed by atoms with Crippen LogP contribution >= 0.6 is 11.3 Å². The molecule has 0 bridgehead atoms. The molecule has 2 aliphatic rings. The van der Waals surface area contributed by atoms with E-state index >= 15 is 0 Å². The molecule has 1 aromatic carbocycles. The maximum absolute atomic E-state index is 12.4. The van der Waals surface area contributed by atoms with Gasteiger partial charge in [-0.15, -0.1) is 11.3 Å². The number of amides is 2. The number of hydrogen-bond acceptors (Lipinski definition) is 6. The van der Waals surface area contributed by atoms with Crippen LogP contribution in [0.2, 0.25) is 0 Å². The van der Waals surface area contributed by atoms with E-state index in [0.717, 1.165) is 39.4 Å². The van der Waals surface area contributed by atoms with Crippen molar-refractivity contribution in [3.63, 3.8) is 0 Å². The van der Waals surface area contributed by atoms with Crippen molar-refractivity contribution in [2.45, 2.75) is 31.5 Å². The first-order valence-electron chi connectivity index (χ1n) is 10.0. The molecule has 0 radical (unpaired) electrons. The predicted molar refractivity (Wildman–Crippen MR) is 114 cm³/mol. The molecule has 0 saturated carbocycles. The van der Waals surface area contributed by atoms with Crippen molar-refractivity contribution in [1.29, 1.82) is 5.26 Å². The number of fused-ring (bicyclic) bond motifs is 1. The normalized spacial score (nSPS) is 19.7. The van der Waals surface area contributed by atoms with Crippen molar-refractivity contribution in [3.05, 3.63) is 46.3 Å². The summed E-state index contributed by atoms with van der Waals surface area (Å²) in [5.41, 5.74) is 2.80. The van der Waals surface area contributed by atoms with Crippen LogP contribution in [0.1, 0.15) is 27.2 Å². The van der Waals surface area contributed by atoms with E-state index in [4.69, 9.17) is 4.74 Å². The average molecular weight is 425 g/mol. The highest BCUT2D eigenvalue weighted by molar-refractivity contribution is 7.16. The van der Waals surface area contributed by atoms with Crippen LogP contribution in [-0.2, 0) is 22.5 Å². The molecule has 3 heterocycles. The van der Waals surface area contributed by atoms with Crippen molar-refractivity contribution < 1.29 is 14.3 Å². The van der Waals surface area contributed by atoms with Crippen molar-refractivity contribution in [1.82, 2.24) is 15.5 Å². The number of nitrogens with zero attached hydrogens (tertiary/aromatic N) is 2. The first-order valence-corrected chi connectivity index (χ1v) is 10.9. The standard InChI is InChI=1S/C22H24N4O3S/c1-26-13-20-17(22(26)28)10-19(30-20)15-5-3-14(4-6-15)9-16(11-23)25-21(27)18-12-24-7-2-8-29-18/h3-6,10,16,18,24H,2,7-9,12-13H2,1H3,(H,25,27)/t16-,18-/m0/s1. The van der Waals surface area contributed by atoms with Gasteiger partial charge in [0, 0.05) is 36.4 Å². The highest BCUT2D eigenvalue weighted by Crippen LogP contribution is 2.36. The Labute approximate surface area is 179 Å². The zero-order valence-corrected chi connectivity index (χ0v) is 17.6. The van der Waals surface area contributed by atoms with Gasteiger partial charge in [0.2, 0.25) is 0 Å². The molecule has 156 valence electrons. The van der Waals surface area contributed by atoms with Gasteiger partial charge in [-0.3, -0.25) is 9.59 Å². The molecule has 2 amide bonds. The summed E-state index contributed by atoms with van der Waals surface area (Å²) in [4.78, 5) is 28.4. The highest BCUT2D eigenvalue weighted by Gasteiger charge is 2.27. The first-order chi connectivity index (χ1) is 14.5. The molecular weight excluding hydrogens is 400 g/mol. The first kappa shape index (κ1) is 20.5. The molecule has 8 heteroatoms. The minimum atomic E-state index is -0.617. The summed E-state index contributed by atoms with van der Waals surface area (Å²) < 4.78 is 5.56. The number of thiophene rings is 1. The molecule has 1 saturated heterocycles. The van der Waals surface area contributed by atoms with Crippen LogP contribution in [-0.4, -0.2) is 55.6 Å². The number of carbonyl (C=O) groups is 2. The van der Waals surface area contributed by atoms with E-state index in [2.05, 4.69) is 16.7 Å². The van der Waals surface area contributed by atoms with Crippen molar-refractivity contribution in [2.24, 2.45) is 0 Å². The molecule has 0 unspecified atom stereocenters. The lowest BCUT2D eigenvalue weighted by molar-refractivity contribution is -0.132. The Kier molecular flexibility index (Phi) is 6.13. The van der Waals surface area contributed by atoms with Gasteiger partial charge in [-0.05, 0) is 30.2 Å². The van der Waals surface area contributed by atoms with Gasteiger partial charge in [0.15, 0.2) is 0 Å². The summed E-state index contributed by atoms with van der Waals surface area (Å²) in [5.74, 6) is -0.181. The summed E-state index contributed by atoms with van der Waals surface area (Å²) in [6, 6.07) is 11.4. The summed E-state index contributed by atoms with van der Waals surface area (Å²) in [5, 5.41) is 15.4. The monoisotopic (exact) mass is 424 g/mol. The molecule has 2 aromatic rings. The van der Waals surface area contributed by atoms with Crippen molar-refractivity contribution in [2.75, 3.05) is 26.7 Å². The average Bonchev–Trinajstić information content (AvgIpc) is 3.12. The predicted octanol–water partition coefficient (Wildman–Crippen LogP) is 1.93. The minimum absolute atomic E-state index is 0.0737. The molecule has 4 rings (SSSR count). The Balaban J connectivity index is 1.38. The van der Waals surface area contributed by atoms with E-state index in [0.29, 0.717) is 26.1 Å². The van der Waals surface area contributed by atoms with Crippen LogP contribution in [0, 0.1) is 11.3 Å². The third-order valence-electron chi connectivity index (χ3n) is 5.36. The van der Waals surface area contributed by atoms with Crippen LogP contribution in [0.25, 0.3) is 10.4 Å². The minimum Gasteiger partial charge on any atom is -0.367 e. The van der Waals surface area contributed by atoms with E-state index in [9.17, 15) is 14.9 Å². The number of carbonyl (C=O) groups excluding carboxylic acids is 2. The van der Waals surface area contributed by atoms with Gasteiger partial charge in [0.25, 0.3) is 11.8 Å². The smallest absolute Gasteiger partial charge is 0.255 e. The number of rotatable bonds is 5. The van der Waals surface area contributed by atoms with Crippen LogP contribution in [0.4, 0.5) is 0 Å². The lowest BCUT2D eigenvalue weighted by Crippen LogP contribution is -2.46. The van der Waals surface area contributed by atoms with Crippen molar-refractivity contribution >= 4 is 23.2 Å². The van der Waals surface area contributed by atoms with Gasteiger partial charge in [0.05, 0.1) is 18.2 Å². The second-order valence-corrected chi connectivity index (χ2v) is 8.75. The third-order valence-corrected chi connectivity index (χ3v) is 6.53. The van der Waals surface area contributed by atoms with E-state index in [1.165, 1.54) is 0 Å². The van der Waals surface area contributed by atoms with E-state index in [1.54, 1.807) is 16.2 Å². The van der Waals surface area contributed by atoms with Crippen molar-refractivity contribution in [3.8, 4) is 16.5 Å². The zero-order chi connectivity index (χ0) is 21.1. The molecule has 1 aromatic heterocycles. The Bertz CT molecular complexity index is 971. The zero-order valence-electron chi connectivity index (χ0n) is 16.8. The quantitative estimate of drug-likeness (QED) is 0.765. The van der Waals surface area contributed by atoms with Gasteiger partial charge in [-0.2, -0.15) is 5.26 Å². The van der Waals surface area contributed by atoms with Crippen LogP contribution in [0.15, 0.2) is 30.3 Å². The number of benzene rings is 1. The number of hydrogen-bond donors (Lipinski definition) is 2. The molecule has 0 aliphatic carbocycles. The molecule has 2 aliphatic heterocycles. The van der Waals surface area contributed by atoms with Gasteiger partial charge in [-0.1, -0.05) is 24.3 Å². The molecule has 7 nitrogen and oxygen atoms in total. The Morgan fingerprint density at radius 1 is 1.43 bits per heavy atom. The fraction of sp³-hybridized carbons (Fsp3) is 0.409. The fourth-order valence-corrected chi connectivity index (χ4v) is 4.89. The maximum Gasteiger partial charge on any atom is 0.255 e. The Hall–Kier alpha value is -2.73. The molecule has 0 spiro atoms. The lowest BCUT2D eigenvalue weighted by Gasteiger charge is -2.18.